The van der Waals surface area contributed by atoms with Crippen LogP contribution in [0.5, 0.6) is 0 Å². The Morgan fingerprint density at radius 1 is 1.44 bits per heavy atom. The smallest absolute Gasteiger partial charge is 0.317 e. The second kappa shape index (κ2) is 7.13. The molecule has 2 N–H and O–H groups in total. The lowest BCUT2D eigenvalue weighted by atomic mass is 10.1. The lowest BCUT2D eigenvalue weighted by Gasteiger charge is -2.32. The fourth-order valence-electron chi connectivity index (χ4n) is 1.83. The van der Waals surface area contributed by atoms with Gasteiger partial charge in [-0.05, 0) is 26.7 Å². The van der Waals surface area contributed by atoms with Gasteiger partial charge in [-0.2, -0.15) is 0 Å². The van der Waals surface area contributed by atoms with E-state index in [4.69, 9.17) is 0 Å². The lowest BCUT2D eigenvalue weighted by Crippen LogP contribution is -2.48. The van der Waals surface area contributed by atoms with Crippen molar-refractivity contribution in [1.82, 2.24) is 15.5 Å². The van der Waals surface area contributed by atoms with Gasteiger partial charge in [-0.3, -0.25) is 0 Å². The van der Waals surface area contributed by atoms with E-state index in [2.05, 4.69) is 22.5 Å². The number of hydrogen-bond donors (Lipinski definition) is 2. The Bertz CT molecular complexity index is 272. The molecule has 0 aliphatic carbocycles. The van der Waals surface area contributed by atoms with Crippen LogP contribution in [0.1, 0.15) is 26.7 Å². The van der Waals surface area contributed by atoms with E-state index in [1.165, 1.54) is 0 Å². The maximum atomic E-state index is 11.5. The van der Waals surface area contributed by atoms with E-state index in [1.54, 1.807) is 0 Å². The van der Waals surface area contributed by atoms with Crippen LogP contribution in [0.4, 0.5) is 4.79 Å². The number of urea groups is 1. The maximum absolute atomic E-state index is 11.5. The molecule has 90 valence electrons. The molecular formula is C12H21N3O. The van der Waals surface area contributed by atoms with E-state index in [0.29, 0.717) is 12.6 Å². The van der Waals surface area contributed by atoms with Crippen molar-refractivity contribution in [1.29, 1.82) is 0 Å². The van der Waals surface area contributed by atoms with E-state index in [1.807, 2.05) is 18.7 Å². The van der Waals surface area contributed by atoms with Crippen LogP contribution in [0.3, 0.4) is 0 Å². The molecule has 4 heteroatoms. The molecule has 0 bridgehead atoms. The third-order valence-corrected chi connectivity index (χ3v) is 2.77. The van der Waals surface area contributed by atoms with Crippen LogP contribution in [0.15, 0.2) is 0 Å². The van der Waals surface area contributed by atoms with Crippen molar-refractivity contribution in [3.05, 3.63) is 0 Å². The molecule has 0 unspecified atom stereocenters. The first-order valence-electron chi connectivity index (χ1n) is 5.93. The molecule has 0 atom stereocenters. The minimum atomic E-state index is 0.0642. The molecule has 4 nitrogen and oxygen atoms in total. The third-order valence-electron chi connectivity index (χ3n) is 2.77. The van der Waals surface area contributed by atoms with Gasteiger partial charge in [0.1, 0.15) is 0 Å². The number of likely N-dealkylation sites (tertiary alicyclic amines) is 1. The summed E-state index contributed by atoms with van der Waals surface area (Å²) in [5, 5.41) is 6.21. The highest BCUT2D eigenvalue weighted by molar-refractivity contribution is 5.74. The number of carbonyl (C=O) groups excluding carboxylic acids is 1. The second-order valence-corrected chi connectivity index (χ2v) is 3.90. The van der Waals surface area contributed by atoms with Gasteiger partial charge in [0.15, 0.2) is 0 Å². The highest BCUT2D eigenvalue weighted by atomic mass is 16.2. The number of hydrogen-bond acceptors (Lipinski definition) is 2. The summed E-state index contributed by atoms with van der Waals surface area (Å²) >= 11 is 0. The summed E-state index contributed by atoms with van der Waals surface area (Å²) in [7, 11) is 0. The topological polar surface area (TPSA) is 44.4 Å². The average molecular weight is 223 g/mol. The molecule has 1 saturated heterocycles. The van der Waals surface area contributed by atoms with Crippen LogP contribution < -0.4 is 10.6 Å². The SMILES string of the molecule is CC#CCNC1CCN(C(=O)NCC)CC1. The molecule has 1 aliphatic heterocycles. The fraction of sp³-hybridized carbons (Fsp3) is 0.750. The van der Waals surface area contributed by atoms with E-state index in [0.717, 1.165) is 32.5 Å². The summed E-state index contributed by atoms with van der Waals surface area (Å²) in [5.74, 6) is 5.86. The third kappa shape index (κ3) is 4.11. The van der Waals surface area contributed by atoms with Gasteiger partial charge in [0.05, 0.1) is 6.54 Å². The molecule has 0 aromatic rings. The summed E-state index contributed by atoms with van der Waals surface area (Å²) < 4.78 is 0. The minimum Gasteiger partial charge on any atom is -0.338 e. The largest absolute Gasteiger partial charge is 0.338 e. The quantitative estimate of drug-likeness (QED) is 0.695. The first-order valence-corrected chi connectivity index (χ1v) is 5.93. The van der Waals surface area contributed by atoms with Gasteiger partial charge in [0, 0.05) is 25.7 Å². The van der Waals surface area contributed by atoms with Gasteiger partial charge >= 0.3 is 6.03 Å². The molecule has 2 amide bonds. The number of carbonyl (C=O) groups is 1. The molecule has 0 spiro atoms. The van der Waals surface area contributed by atoms with Gasteiger partial charge in [0.25, 0.3) is 0 Å². The van der Waals surface area contributed by atoms with Crippen molar-refractivity contribution in [3.8, 4) is 11.8 Å². The Morgan fingerprint density at radius 3 is 2.69 bits per heavy atom. The zero-order chi connectivity index (χ0) is 11.8. The zero-order valence-corrected chi connectivity index (χ0v) is 10.2. The second-order valence-electron chi connectivity index (χ2n) is 3.90. The Hall–Kier alpha value is -1.21. The molecular weight excluding hydrogens is 202 g/mol. The molecule has 0 saturated carbocycles. The Morgan fingerprint density at radius 2 is 2.12 bits per heavy atom. The van der Waals surface area contributed by atoms with E-state index in [9.17, 15) is 4.79 Å². The summed E-state index contributed by atoms with van der Waals surface area (Å²) in [6.45, 7) is 6.91. The zero-order valence-electron chi connectivity index (χ0n) is 10.2. The lowest BCUT2D eigenvalue weighted by molar-refractivity contribution is 0.178. The number of nitrogens with one attached hydrogen (secondary N) is 2. The minimum absolute atomic E-state index is 0.0642. The number of nitrogens with zero attached hydrogens (tertiary/aromatic N) is 1. The Kier molecular flexibility index (Phi) is 5.73. The highest BCUT2D eigenvalue weighted by Crippen LogP contribution is 2.09. The number of rotatable bonds is 3. The number of amides is 2. The van der Waals surface area contributed by atoms with E-state index >= 15 is 0 Å². The molecule has 1 fully saturated rings. The summed E-state index contributed by atoms with van der Waals surface area (Å²) in [5.41, 5.74) is 0. The first kappa shape index (κ1) is 12.9. The van der Waals surface area contributed by atoms with Gasteiger partial charge < -0.3 is 15.5 Å². The Labute approximate surface area is 97.8 Å². The van der Waals surface area contributed by atoms with Gasteiger partial charge in [-0.25, -0.2) is 4.79 Å². The molecule has 1 heterocycles. The van der Waals surface area contributed by atoms with Crippen LogP contribution in [-0.2, 0) is 0 Å². The molecule has 1 rings (SSSR count). The van der Waals surface area contributed by atoms with Crippen molar-refractivity contribution < 1.29 is 4.79 Å². The summed E-state index contributed by atoms with van der Waals surface area (Å²) in [6, 6.07) is 0.570. The average Bonchev–Trinajstić information content (AvgIpc) is 2.30. The van der Waals surface area contributed by atoms with Gasteiger partial charge in [-0.15, -0.1) is 5.92 Å². The van der Waals surface area contributed by atoms with Crippen LogP contribution in [-0.4, -0.2) is 43.2 Å². The molecule has 0 radical (unpaired) electrons. The van der Waals surface area contributed by atoms with Crippen LogP contribution in [0.25, 0.3) is 0 Å². The van der Waals surface area contributed by atoms with Crippen molar-refractivity contribution >= 4 is 6.03 Å². The number of piperidine rings is 1. The van der Waals surface area contributed by atoms with Crippen molar-refractivity contribution in [2.75, 3.05) is 26.2 Å². The van der Waals surface area contributed by atoms with Crippen molar-refractivity contribution in [3.63, 3.8) is 0 Å². The standard InChI is InChI=1S/C12H21N3O/c1-3-5-8-14-11-6-9-15(10-7-11)12(16)13-4-2/h11,14H,4,6-10H2,1-2H3,(H,13,16). The highest BCUT2D eigenvalue weighted by Gasteiger charge is 2.21. The maximum Gasteiger partial charge on any atom is 0.317 e. The summed E-state index contributed by atoms with van der Waals surface area (Å²) in [6.07, 6.45) is 2.03. The fourth-order valence-corrected chi connectivity index (χ4v) is 1.83. The van der Waals surface area contributed by atoms with Crippen molar-refractivity contribution in [2.45, 2.75) is 32.7 Å². The molecule has 0 aromatic carbocycles. The van der Waals surface area contributed by atoms with Crippen LogP contribution in [0.2, 0.25) is 0 Å². The Balaban J connectivity index is 2.22. The predicted octanol–water partition coefficient (Wildman–Crippen LogP) is 0.793. The normalized spacial score (nSPS) is 16.5. The predicted molar refractivity (Wildman–Crippen MR) is 65.1 cm³/mol. The van der Waals surface area contributed by atoms with Gasteiger partial charge in [-0.1, -0.05) is 5.92 Å². The molecule has 16 heavy (non-hydrogen) atoms. The molecule has 0 aromatic heterocycles. The first-order chi connectivity index (χ1) is 7.77. The van der Waals surface area contributed by atoms with Crippen molar-refractivity contribution in [2.24, 2.45) is 0 Å². The van der Waals surface area contributed by atoms with E-state index < -0.39 is 0 Å². The van der Waals surface area contributed by atoms with Crippen LogP contribution >= 0.6 is 0 Å². The van der Waals surface area contributed by atoms with Crippen LogP contribution in [0, 0.1) is 11.8 Å². The summed E-state index contributed by atoms with van der Waals surface area (Å²) in [4.78, 5) is 13.4. The van der Waals surface area contributed by atoms with E-state index in [-0.39, 0.29) is 6.03 Å². The molecule has 1 aliphatic rings. The van der Waals surface area contributed by atoms with Gasteiger partial charge in [0.2, 0.25) is 0 Å². The monoisotopic (exact) mass is 223 g/mol.